The lowest BCUT2D eigenvalue weighted by Crippen LogP contribution is -2.18. The number of carbonyl (C=O) groups is 1. The van der Waals surface area contributed by atoms with E-state index in [-0.39, 0.29) is 17.5 Å². The molecule has 3 heteroatoms. The maximum atomic E-state index is 11.0. The molecule has 1 atom stereocenters. The minimum Gasteiger partial charge on any atom is -0.504 e. The van der Waals surface area contributed by atoms with Crippen molar-refractivity contribution < 1.29 is 9.90 Å². The smallest absolute Gasteiger partial charge is 0.200 e. The number of Topliss-reactive ketones (excluding diaryl/α,β-unsaturated/α-hetero) is 1. The van der Waals surface area contributed by atoms with Crippen LogP contribution in [0.3, 0.4) is 0 Å². The molecule has 0 bridgehead atoms. The van der Waals surface area contributed by atoms with Crippen LogP contribution in [0.2, 0.25) is 0 Å². The van der Waals surface area contributed by atoms with Gasteiger partial charge in [0.1, 0.15) is 0 Å². The molecule has 0 radical (unpaired) electrons. The second-order valence-corrected chi connectivity index (χ2v) is 3.51. The lowest BCUT2D eigenvalue weighted by molar-refractivity contribution is -0.121. The lowest BCUT2D eigenvalue weighted by atomic mass is 9.94. The monoisotopic (exact) mass is 204 g/mol. The van der Waals surface area contributed by atoms with E-state index in [1.54, 1.807) is 0 Å². The summed E-state index contributed by atoms with van der Waals surface area (Å²) in [6.45, 7) is 1.83. The van der Waals surface area contributed by atoms with Gasteiger partial charge in [-0.1, -0.05) is 22.9 Å². The van der Waals surface area contributed by atoms with Crippen LogP contribution in [0.5, 0.6) is 0 Å². The van der Waals surface area contributed by atoms with Gasteiger partial charge in [0, 0.05) is 10.4 Å². The van der Waals surface area contributed by atoms with E-state index < -0.39 is 0 Å². The third kappa shape index (κ3) is 1.24. The highest BCUT2D eigenvalue weighted by atomic mass is 79.9. The van der Waals surface area contributed by atoms with Gasteiger partial charge in [0.15, 0.2) is 5.76 Å². The van der Waals surface area contributed by atoms with Crippen LogP contribution in [-0.4, -0.2) is 10.9 Å². The molecule has 0 spiro atoms. The van der Waals surface area contributed by atoms with Gasteiger partial charge in [0.25, 0.3) is 0 Å². The minimum atomic E-state index is -0.141. The van der Waals surface area contributed by atoms with Crippen molar-refractivity contribution in [1.29, 1.82) is 0 Å². The zero-order chi connectivity index (χ0) is 7.72. The zero-order valence-electron chi connectivity index (χ0n) is 5.72. The van der Waals surface area contributed by atoms with E-state index in [2.05, 4.69) is 15.9 Å². The molecular formula is C7H9BrO2. The van der Waals surface area contributed by atoms with Crippen molar-refractivity contribution >= 4 is 21.7 Å². The standard InChI is InChI=1S/C7H9BrO2/c1-4-2-3-5(8)7(10)6(4)9/h4,10H,2-3H2,1H3. The molecule has 10 heavy (non-hydrogen) atoms. The molecule has 0 aromatic rings. The molecule has 2 nitrogen and oxygen atoms in total. The number of aliphatic hydroxyl groups is 1. The topological polar surface area (TPSA) is 37.3 Å². The summed E-state index contributed by atoms with van der Waals surface area (Å²) in [7, 11) is 0. The number of carbonyl (C=O) groups excluding carboxylic acids is 1. The van der Waals surface area contributed by atoms with E-state index in [1.165, 1.54) is 0 Å². The van der Waals surface area contributed by atoms with E-state index in [4.69, 9.17) is 5.11 Å². The summed E-state index contributed by atoms with van der Waals surface area (Å²) in [4.78, 5) is 11.0. The van der Waals surface area contributed by atoms with E-state index in [9.17, 15) is 4.79 Å². The second-order valence-electron chi connectivity index (χ2n) is 2.56. The number of hydrogen-bond acceptors (Lipinski definition) is 2. The lowest BCUT2D eigenvalue weighted by Gasteiger charge is -2.15. The average Bonchev–Trinajstić information content (AvgIpc) is 1.93. The first-order valence-electron chi connectivity index (χ1n) is 3.24. The van der Waals surface area contributed by atoms with Crippen molar-refractivity contribution in [1.82, 2.24) is 0 Å². The summed E-state index contributed by atoms with van der Waals surface area (Å²) >= 11 is 3.13. The summed E-state index contributed by atoms with van der Waals surface area (Å²) in [5, 5.41) is 9.10. The SMILES string of the molecule is CC1CCC(Br)=C(O)C1=O. The van der Waals surface area contributed by atoms with Gasteiger partial charge >= 0.3 is 0 Å². The van der Waals surface area contributed by atoms with Gasteiger partial charge in [-0.2, -0.15) is 0 Å². The first-order chi connectivity index (χ1) is 4.63. The second kappa shape index (κ2) is 2.74. The van der Waals surface area contributed by atoms with Crippen LogP contribution in [-0.2, 0) is 4.79 Å². The Morgan fingerprint density at radius 2 is 2.30 bits per heavy atom. The van der Waals surface area contributed by atoms with Gasteiger partial charge in [-0.25, -0.2) is 0 Å². The predicted molar refractivity (Wildman–Crippen MR) is 42.0 cm³/mol. The van der Waals surface area contributed by atoms with E-state index >= 15 is 0 Å². The van der Waals surface area contributed by atoms with Crippen molar-refractivity contribution in [3.63, 3.8) is 0 Å². The van der Waals surface area contributed by atoms with Crippen molar-refractivity contribution in [2.75, 3.05) is 0 Å². The molecule has 1 rings (SSSR count). The Balaban J connectivity index is 2.88. The summed E-state index contributed by atoms with van der Waals surface area (Å²) in [6.07, 6.45) is 1.61. The van der Waals surface area contributed by atoms with Gasteiger partial charge < -0.3 is 5.11 Å². The highest BCUT2D eigenvalue weighted by Crippen LogP contribution is 2.28. The quantitative estimate of drug-likeness (QED) is 0.657. The fourth-order valence-corrected chi connectivity index (χ4v) is 1.38. The fourth-order valence-electron chi connectivity index (χ4n) is 0.960. The Morgan fingerprint density at radius 3 is 2.80 bits per heavy atom. The normalized spacial score (nSPS) is 27.4. The fraction of sp³-hybridized carbons (Fsp3) is 0.571. The van der Waals surface area contributed by atoms with Gasteiger partial charge in [-0.3, -0.25) is 4.79 Å². The molecule has 0 amide bonds. The van der Waals surface area contributed by atoms with Crippen molar-refractivity contribution in [2.45, 2.75) is 19.8 Å². The van der Waals surface area contributed by atoms with Crippen molar-refractivity contribution in [3.8, 4) is 0 Å². The minimum absolute atomic E-state index is 0.0127. The van der Waals surface area contributed by atoms with Crippen LogP contribution in [0.25, 0.3) is 0 Å². The largest absolute Gasteiger partial charge is 0.504 e. The molecular weight excluding hydrogens is 196 g/mol. The molecule has 0 aromatic carbocycles. The maximum absolute atomic E-state index is 11.0. The van der Waals surface area contributed by atoms with Crippen LogP contribution in [0.15, 0.2) is 10.2 Å². The Labute approximate surface area is 68.1 Å². The molecule has 56 valence electrons. The van der Waals surface area contributed by atoms with Crippen LogP contribution in [0, 0.1) is 5.92 Å². The van der Waals surface area contributed by atoms with E-state index in [0.717, 1.165) is 12.8 Å². The molecule has 0 saturated carbocycles. The average molecular weight is 205 g/mol. The summed E-state index contributed by atoms with van der Waals surface area (Å²) in [5.41, 5.74) is 0. The molecule has 0 aromatic heterocycles. The van der Waals surface area contributed by atoms with Crippen LogP contribution in [0.4, 0.5) is 0 Å². The zero-order valence-corrected chi connectivity index (χ0v) is 7.31. The number of allylic oxidation sites excluding steroid dienone is 2. The van der Waals surface area contributed by atoms with Gasteiger partial charge in [0.05, 0.1) is 0 Å². The molecule has 0 aliphatic heterocycles. The molecule has 1 unspecified atom stereocenters. The first kappa shape index (κ1) is 7.79. The van der Waals surface area contributed by atoms with Crippen molar-refractivity contribution in [2.24, 2.45) is 5.92 Å². The first-order valence-corrected chi connectivity index (χ1v) is 4.04. The third-order valence-corrected chi connectivity index (χ3v) is 2.51. The Bertz CT molecular complexity index is 196. The van der Waals surface area contributed by atoms with Crippen LogP contribution < -0.4 is 0 Å². The molecule has 0 fully saturated rings. The van der Waals surface area contributed by atoms with Gasteiger partial charge in [-0.05, 0) is 12.8 Å². The third-order valence-electron chi connectivity index (χ3n) is 1.73. The summed E-state index contributed by atoms with van der Waals surface area (Å²) in [6, 6.07) is 0. The number of hydrogen-bond donors (Lipinski definition) is 1. The number of rotatable bonds is 0. The Morgan fingerprint density at radius 1 is 1.70 bits per heavy atom. The Hall–Kier alpha value is -0.310. The predicted octanol–water partition coefficient (Wildman–Crippen LogP) is 2.15. The highest BCUT2D eigenvalue weighted by molar-refractivity contribution is 9.11. The maximum Gasteiger partial charge on any atom is 0.200 e. The summed E-state index contributed by atoms with van der Waals surface area (Å²) < 4.78 is 0.649. The molecule has 1 N–H and O–H groups in total. The molecule has 0 saturated heterocycles. The van der Waals surface area contributed by atoms with Gasteiger partial charge in [-0.15, -0.1) is 0 Å². The van der Waals surface area contributed by atoms with Crippen LogP contribution >= 0.6 is 15.9 Å². The van der Waals surface area contributed by atoms with Gasteiger partial charge in [0.2, 0.25) is 5.78 Å². The Kier molecular flexibility index (Phi) is 2.14. The van der Waals surface area contributed by atoms with Crippen molar-refractivity contribution in [3.05, 3.63) is 10.2 Å². The molecule has 1 aliphatic rings. The van der Waals surface area contributed by atoms with E-state index in [1.807, 2.05) is 6.92 Å². The molecule has 1 aliphatic carbocycles. The van der Waals surface area contributed by atoms with E-state index in [0.29, 0.717) is 4.48 Å². The van der Waals surface area contributed by atoms with Crippen LogP contribution in [0.1, 0.15) is 19.8 Å². The number of halogens is 1. The number of aliphatic hydroxyl groups excluding tert-OH is 1. The summed E-state index contributed by atoms with van der Waals surface area (Å²) in [5.74, 6) is -0.238. The number of ketones is 1. The highest BCUT2D eigenvalue weighted by Gasteiger charge is 2.24. The molecule has 0 heterocycles.